The number of aromatic amines is 1. The molecular weight excluding hydrogens is 446 g/mol. The van der Waals surface area contributed by atoms with Gasteiger partial charge in [-0.2, -0.15) is 0 Å². The molecule has 0 radical (unpaired) electrons. The van der Waals surface area contributed by atoms with E-state index in [9.17, 15) is 24.0 Å². The number of rotatable bonds is 11. The normalized spacial score (nSPS) is 17.0. The van der Waals surface area contributed by atoms with Crippen molar-refractivity contribution in [3.05, 3.63) is 36.0 Å². The number of H-pyrrole nitrogens is 1. The summed E-state index contributed by atoms with van der Waals surface area (Å²) < 4.78 is 0. The Labute approximate surface area is 194 Å². The van der Waals surface area contributed by atoms with Crippen LogP contribution in [0.15, 0.2) is 30.5 Å². The van der Waals surface area contributed by atoms with Crippen LogP contribution in [-0.2, 0) is 30.4 Å². The van der Waals surface area contributed by atoms with Crippen LogP contribution in [0, 0.1) is 0 Å². The van der Waals surface area contributed by atoms with Gasteiger partial charge in [-0.1, -0.05) is 18.2 Å². The average Bonchev–Trinajstić information content (AvgIpc) is 3.47. The van der Waals surface area contributed by atoms with Crippen LogP contribution >= 0.6 is 0 Å². The highest BCUT2D eigenvalue weighted by molar-refractivity contribution is 5.94. The number of carbonyl (C=O) groups is 5. The molecule has 182 valence electrons. The van der Waals surface area contributed by atoms with Crippen molar-refractivity contribution >= 4 is 40.6 Å². The monoisotopic (exact) mass is 473 g/mol. The molecular formula is C22H27N5O7. The maximum Gasteiger partial charge on any atom is 0.326 e. The number of amides is 3. The van der Waals surface area contributed by atoms with Gasteiger partial charge in [-0.15, -0.1) is 0 Å². The number of nitrogens with one attached hydrogen (secondary N) is 5. The van der Waals surface area contributed by atoms with Gasteiger partial charge in [-0.3, -0.25) is 19.2 Å². The topological polar surface area (TPSA) is 190 Å². The van der Waals surface area contributed by atoms with Crippen LogP contribution in [0.5, 0.6) is 0 Å². The Morgan fingerprint density at radius 1 is 1.06 bits per heavy atom. The van der Waals surface area contributed by atoms with Gasteiger partial charge in [0.1, 0.15) is 12.1 Å². The molecule has 3 atom stereocenters. The van der Waals surface area contributed by atoms with Crippen molar-refractivity contribution in [1.29, 1.82) is 0 Å². The first-order chi connectivity index (χ1) is 16.2. The minimum atomic E-state index is -1.63. The number of aliphatic carboxylic acids is 2. The van der Waals surface area contributed by atoms with Crippen molar-refractivity contribution < 1.29 is 34.2 Å². The lowest BCUT2D eigenvalue weighted by Gasteiger charge is -2.21. The minimum absolute atomic E-state index is 0.159. The van der Waals surface area contributed by atoms with Gasteiger partial charge in [0.2, 0.25) is 17.7 Å². The van der Waals surface area contributed by atoms with Crippen LogP contribution < -0.4 is 21.3 Å². The molecule has 12 nitrogen and oxygen atoms in total. The van der Waals surface area contributed by atoms with E-state index in [2.05, 4.69) is 26.3 Å². The number of hydrogen-bond acceptors (Lipinski definition) is 6. The van der Waals surface area contributed by atoms with Gasteiger partial charge in [0.15, 0.2) is 0 Å². The van der Waals surface area contributed by atoms with Crippen molar-refractivity contribution in [2.75, 3.05) is 13.1 Å². The third kappa shape index (κ3) is 6.54. The second-order valence-electron chi connectivity index (χ2n) is 8.05. The zero-order valence-electron chi connectivity index (χ0n) is 18.3. The number of carboxylic acids is 2. The smallest absolute Gasteiger partial charge is 0.326 e. The summed E-state index contributed by atoms with van der Waals surface area (Å²) in [7, 11) is 0. The fraction of sp³-hybridized carbons (Fsp3) is 0.409. The van der Waals surface area contributed by atoms with Crippen molar-refractivity contribution in [2.24, 2.45) is 0 Å². The highest BCUT2D eigenvalue weighted by atomic mass is 16.4. The second-order valence-corrected chi connectivity index (χ2v) is 8.05. The summed E-state index contributed by atoms with van der Waals surface area (Å²) in [6.45, 7) is 0.128. The Morgan fingerprint density at radius 3 is 2.50 bits per heavy atom. The first kappa shape index (κ1) is 24.7. The summed E-state index contributed by atoms with van der Waals surface area (Å²) in [5, 5.41) is 29.0. The molecule has 7 N–H and O–H groups in total. The molecule has 3 amide bonds. The van der Waals surface area contributed by atoms with E-state index in [1.165, 1.54) is 0 Å². The molecule has 2 aromatic rings. The molecule has 3 rings (SSSR count). The Morgan fingerprint density at radius 2 is 1.82 bits per heavy atom. The SMILES string of the molecule is O=C(O)CC(NC(=O)CNC(=O)C(Cc1c[nH]c2ccccc12)NC(=O)C1CCCN1)C(=O)O. The van der Waals surface area contributed by atoms with E-state index in [1.807, 2.05) is 24.3 Å². The summed E-state index contributed by atoms with van der Waals surface area (Å²) in [6.07, 6.45) is 2.60. The lowest BCUT2D eigenvalue weighted by molar-refractivity contribution is -0.147. The average molecular weight is 473 g/mol. The fourth-order valence-corrected chi connectivity index (χ4v) is 3.82. The Bertz CT molecular complexity index is 1080. The van der Waals surface area contributed by atoms with Gasteiger partial charge >= 0.3 is 11.9 Å². The number of carboxylic acid groups (broad SMARTS) is 2. The highest BCUT2D eigenvalue weighted by Crippen LogP contribution is 2.19. The number of carbonyl (C=O) groups excluding carboxylic acids is 3. The first-order valence-electron chi connectivity index (χ1n) is 10.8. The molecule has 1 aliphatic rings. The molecule has 1 aliphatic heterocycles. The number of hydrogen-bond donors (Lipinski definition) is 7. The summed E-state index contributed by atoms with van der Waals surface area (Å²) >= 11 is 0. The molecule has 0 saturated carbocycles. The zero-order valence-corrected chi connectivity index (χ0v) is 18.3. The van der Waals surface area contributed by atoms with E-state index < -0.39 is 54.8 Å². The Hall–Kier alpha value is -3.93. The van der Waals surface area contributed by atoms with E-state index in [0.29, 0.717) is 13.0 Å². The molecule has 0 bridgehead atoms. The predicted molar refractivity (Wildman–Crippen MR) is 120 cm³/mol. The summed E-state index contributed by atoms with van der Waals surface area (Å²) in [6, 6.07) is 4.47. The second kappa shape index (κ2) is 11.3. The van der Waals surface area contributed by atoms with E-state index in [-0.39, 0.29) is 12.3 Å². The molecule has 12 heteroatoms. The van der Waals surface area contributed by atoms with E-state index >= 15 is 0 Å². The van der Waals surface area contributed by atoms with E-state index in [4.69, 9.17) is 10.2 Å². The molecule has 1 aromatic carbocycles. The summed E-state index contributed by atoms with van der Waals surface area (Å²) in [5.41, 5.74) is 1.67. The maximum atomic E-state index is 12.9. The molecule has 2 heterocycles. The minimum Gasteiger partial charge on any atom is -0.481 e. The number of benzene rings is 1. The van der Waals surface area contributed by atoms with Gasteiger partial charge < -0.3 is 36.5 Å². The summed E-state index contributed by atoms with van der Waals surface area (Å²) in [5.74, 6) is -4.71. The molecule has 0 aliphatic carbocycles. The van der Waals surface area contributed by atoms with Gasteiger partial charge in [-0.05, 0) is 31.0 Å². The standard InChI is InChI=1S/C22H27N5O7/c28-18(26-17(22(33)34)9-19(29)30)11-25-20(31)16(27-21(32)15-6-3-7-23-15)8-12-10-24-14-5-2-1-4-13(12)14/h1-2,4-5,10,15-17,23-24H,3,6-9,11H2,(H,25,31)(H,26,28)(H,27,32)(H,29,30)(H,33,34). The van der Waals surface area contributed by atoms with E-state index in [0.717, 1.165) is 22.9 Å². The van der Waals surface area contributed by atoms with Crippen molar-refractivity contribution in [1.82, 2.24) is 26.3 Å². The van der Waals surface area contributed by atoms with Crippen molar-refractivity contribution in [3.8, 4) is 0 Å². The molecule has 0 spiro atoms. The first-order valence-corrected chi connectivity index (χ1v) is 10.8. The lowest BCUT2D eigenvalue weighted by Crippen LogP contribution is -2.54. The van der Waals surface area contributed by atoms with Crippen LogP contribution in [-0.4, -0.2) is 76.1 Å². The van der Waals surface area contributed by atoms with Gasteiger partial charge in [0, 0.05) is 23.5 Å². The molecule has 3 unspecified atom stereocenters. The van der Waals surface area contributed by atoms with Crippen molar-refractivity contribution in [2.45, 2.75) is 43.8 Å². The van der Waals surface area contributed by atoms with Crippen LogP contribution in [0.1, 0.15) is 24.8 Å². The van der Waals surface area contributed by atoms with E-state index in [1.54, 1.807) is 6.20 Å². The quantitative estimate of drug-likeness (QED) is 0.219. The predicted octanol–water partition coefficient (Wildman–Crippen LogP) is -0.892. The fourth-order valence-electron chi connectivity index (χ4n) is 3.82. The largest absolute Gasteiger partial charge is 0.481 e. The molecule has 1 saturated heterocycles. The molecule has 1 aromatic heterocycles. The third-order valence-corrected chi connectivity index (χ3v) is 5.54. The summed E-state index contributed by atoms with van der Waals surface area (Å²) in [4.78, 5) is 62.7. The Kier molecular flexibility index (Phi) is 8.19. The molecule has 34 heavy (non-hydrogen) atoms. The number of fused-ring (bicyclic) bond motifs is 1. The highest BCUT2D eigenvalue weighted by Gasteiger charge is 2.29. The van der Waals surface area contributed by atoms with Gasteiger partial charge in [-0.25, -0.2) is 4.79 Å². The van der Waals surface area contributed by atoms with Gasteiger partial charge in [0.25, 0.3) is 0 Å². The molecule has 1 fully saturated rings. The number of aromatic nitrogens is 1. The third-order valence-electron chi connectivity index (χ3n) is 5.54. The number of para-hydroxylation sites is 1. The van der Waals surface area contributed by atoms with Crippen LogP contribution in [0.3, 0.4) is 0 Å². The van der Waals surface area contributed by atoms with Gasteiger partial charge in [0.05, 0.1) is 19.0 Å². The van der Waals surface area contributed by atoms with Crippen molar-refractivity contribution in [3.63, 3.8) is 0 Å². The zero-order chi connectivity index (χ0) is 24.7. The van der Waals surface area contributed by atoms with Crippen LogP contribution in [0.25, 0.3) is 10.9 Å². The lowest BCUT2D eigenvalue weighted by atomic mass is 10.0. The van der Waals surface area contributed by atoms with Crippen LogP contribution in [0.4, 0.5) is 0 Å². The van der Waals surface area contributed by atoms with Crippen LogP contribution in [0.2, 0.25) is 0 Å². The maximum absolute atomic E-state index is 12.9. The Balaban J connectivity index is 1.67.